The van der Waals surface area contributed by atoms with Crippen LogP contribution < -0.4 is 0 Å². The summed E-state index contributed by atoms with van der Waals surface area (Å²) in [6.45, 7) is 3.81. The zero-order valence-electron chi connectivity index (χ0n) is 7.29. The Bertz CT molecular complexity index is 242. The zero-order chi connectivity index (χ0) is 9.72. The Balaban J connectivity index is 4.73. The van der Waals surface area contributed by atoms with Gasteiger partial charge < -0.3 is 0 Å². The fourth-order valence-electron chi connectivity index (χ4n) is 0.477. The second kappa shape index (κ2) is 4.80. The first-order chi connectivity index (χ1) is 5.49. The summed E-state index contributed by atoms with van der Waals surface area (Å²) in [6, 6.07) is 0. The van der Waals surface area contributed by atoms with Crippen LogP contribution in [-0.2, 0) is 0 Å². The van der Waals surface area contributed by atoms with E-state index < -0.39 is 17.5 Å². The summed E-state index contributed by atoms with van der Waals surface area (Å²) in [5, 5.41) is 0. The quantitative estimate of drug-likeness (QED) is 0.558. The molecule has 0 heterocycles. The molecular formula is C9H11F3. The molecule has 0 radical (unpaired) electrons. The number of allylic oxidation sites excluding steroid dienone is 6. The van der Waals surface area contributed by atoms with Crippen molar-refractivity contribution in [1.82, 2.24) is 0 Å². The molecule has 0 fully saturated rings. The minimum Gasteiger partial charge on any atom is -0.212 e. The predicted molar refractivity (Wildman–Crippen MR) is 43.5 cm³/mol. The minimum atomic E-state index is -0.884. The minimum absolute atomic E-state index is 0.174. The highest BCUT2D eigenvalue weighted by molar-refractivity contribution is 5.30. The van der Waals surface area contributed by atoms with Crippen LogP contribution in [0.15, 0.2) is 35.2 Å². The van der Waals surface area contributed by atoms with Gasteiger partial charge in [-0.05, 0) is 20.8 Å². The van der Waals surface area contributed by atoms with E-state index in [1.165, 1.54) is 13.8 Å². The molecule has 3 heteroatoms. The Morgan fingerprint density at radius 3 is 1.92 bits per heavy atom. The van der Waals surface area contributed by atoms with E-state index in [1.54, 1.807) is 0 Å². The molecule has 0 aliphatic rings. The molecule has 0 aliphatic carbocycles. The van der Waals surface area contributed by atoms with Crippen LogP contribution in [0.1, 0.15) is 20.8 Å². The van der Waals surface area contributed by atoms with Crippen molar-refractivity contribution in [2.75, 3.05) is 0 Å². The highest BCUT2D eigenvalue weighted by Gasteiger charge is 2.03. The summed E-state index contributed by atoms with van der Waals surface area (Å²) in [7, 11) is 0. The Labute approximate surface area is 70.1 Å². The first kappa shape index (κ1) is 11.0. The van der Waals surface area contributed by atoms with Crippen LogP contribution in [0.3, 0.4) is 0 Å². The maximum Gasteiger partial charge on any atom is 0.131 e. The van der Waals surface area contributed by atoms with Gasteiger partial charge in [0.05, 0.1) is 0 Å². The molecular weight excluding hydrogens is 165 g/mol. The lowest BCUT2D eigenvalue weighted by atomic mass is 10.2. The van der Waals surface area contributed by atoms with Crippen molar-refractivity contribution in [3.8, 4) is 0 Å². The molecule has 0 aromatic rings. The van der Waals surface area contributed by atoms with Crippen LogP contribution in [0.2, 0.25) is 0 Å². The van der Waals surface area contributed by atoms with Gasteiger partial charge >= 0.3 is 0 Å². The average Bonchev–Trinajstić information content (AvgIpc) is 2.02. The standard InChI is InChI=1S/C9H11F3/c1-4-8(11)5-9(12)6(2)7(3)10/h4-5H,1-3H3/b7-6+,8-4+,9-5+. The largest absolute Gasteiger partial charge is 0.212 e. The third-order valence-corrected chi connectivity index (χ3v) is 1.42. The van der Waals surface area contributed by atoms with Gasteiger partial charge in [-0.3, -0.25) is 0 Å². The number of rotatable bonds is 2. The van der Waals surface area contributed by atoms with Crippen LogP contribution in [0, 0.1) is 0 Å². The van der Waals surface area contributed by atoms with Crippen LogP contribution in [-0.4, -0.2) is 0 Å². The van der Waals surface area contributed by atoms with Crippen LogP contribution in [0.5, 0.6) is 0 Å². The fraction of sp³-hybridized carbons (Fsp3) is 0.333. The van der Waals surface area contributed by atoms with Crippen molar-refractivity contribution < 1.29 is 13.2 Å². The van der Waals surface area contributed by atoms with Crippen LogP contribution in [0.4, 0.5) is 13.2 Å². The molecule has 0 atom stereocenters. The first-order valence-corrected chi connectivity index (χ1v) is 3.51. The Morgan fingerprint density at radius 1 is 1.08 bits per heavy atom. The predicted octanol–water partition coefficient (Wildman–Crippen LogP) is 3.98. The van der Waals surface area contributed by atoms with E-state index in [-0.39, 0.29) is 5.57 Å². The highest BCUT2D eigenvalue weighted by atomic mass is 19.1. The normalized spacial score (nSPS) is 16.2. The van der Waals surface area contributed by atoms with Crippen molar-refractivity contribution >= 4 is 0 Å². The molecule has 68 valence electrons. The van der Waals surface area contributed by atoms with Crippen molar-refractivity contribution in [2.24, 2.45) is 0 Å². The van der Waals surface area contributed by atoms with Gasteiger partial charge in [0.25, 0.3) is 0 Å². The van der Waals surface area contributed by atoms with Crippen LogP contribution >= 0.6 is 0 Å². The van der Waals surface area contributed by atoms with E-state index in [0.29, 0.717) is 6.08 Å². The lowest BCUT2D eigenvalue weighted by molar-refractivity contribution is 0.587. The molecule has 0 saturated carbocycles. The van der Waals surface area contributed by atoms with Gasteiger partial charge in [-0.15, -0.1) is 0 Å². The summed E-state index contributed by atoms with van der Waals surface area (Å²) in [6.07, 6.45) is 1.75. The maximum atomic E-state index is 12.8. The Morgan fingerprint density at radius 2 is 1.58 bits per heavy atom. The van der Waals surface area contributed by atoms with Crippen molar-refractivity contribution in [3.63, 3.8) is 0 Å². The van der Waals surface area contributed by atoms with E-state index in [9.17, 15) is 13.2 Å². The van der Waals surface area contributed by atoms with E-state index in [1.807, 2.05) is 0 Å². The lowest BCUT2D eigenvalue weighted by Gasteiger charge is -1.96. The van der Waals surface area contributed by atoms with E-state index in [0.717, 1.165) is 13.0 Å². The number of halogens is 3. The fourth-order valence-corrected chi connectivity index (χ4v) is 0.477. The summed E-state index contributed by atoms with van der Waals surface area (Å²) in [5.41, 5.74) is -0.174. The van der Waals surface area contributed by atoms with Crippen molar-refractivity contribution in [2.45, 2.75) is 20.8 Å². The van der Waals surface area contributed by atoms with Crippen molar-refractivity contribution in [3.05, 3.63) is 35.2 Å². The summed E-state index contributed by atoms with van der Waals surface area (Å²) < 4.78 is 37.5. The number of hydrogen-bond acceptors (Lipinski definition) is 0. The third kappa shape index (κ3) is 3.42. The number of hydrogen-bond donors (Lipinski definition) is 0. The Hall–Kier alpha value is -0.990. The van der Waals surface area contributed by atoms with E-state index in [4.69, 9.17) is 0 Å². The molecule has 0 aliphatic heterocycles. The molecule has 0 bridgehead atoms. The second-order valence-corrected chi connectivity index (χ2v) is 2.32. The second-order valence-electron chi connectivity index (χ2n) is 2.32. The molecule has 0 saturated heterocycles. The molecule has 0 aromatic heterocycles. The molecule has 0 aromatic carbocycles. The lowest BCUT2D eigenvalue weighted by Crippen LogP contribution is -1.80. The smallest absolute Gasteiger partial charge is 0.131 e. The highest BCUT2D eigenvalue weighted by Crippen LogP contribution is 2.18. The van der Waals surface area contributed by atoms with Gasteiger partial charge in [0.15, 0.2) is 0 Å². The van der Waals surface area contributed by atoms with Gasteiger partial charge in [-0.1, -0.05) is 6.08 Å². The van der Waals surface area contributed by atoms with Gasteiger partial charge in [0.2, 0.25) is 0 Å². The molecule has 0 rings (SSSR count). The molecule has 0 N–H and O–H groups in total. The molecule has 0 unspecified atom stereocenters. The Kier molecular flexibility index (Phi) is 4.40. The summed E-state index contributed by atoms with van der Waals surface area (Å²) >= 11 is 0. The molecule has 0 nitrogen and oxygen atoms in total. The maximum absolute atomic E-state index is 12.8. The average molecular weight is 176 g/mol. The monoisotopic (exact) mass is 176 g/mol. The molecule has 0 amide bonds. The summed E-state index contributed by atoms with van der Waals surface area (Å²) in [5.74, 6) is -2.24. The topological polar surface area (TPSA) is 0 Å². The van der Waals surface area contributed by atoms with E-state index in [2.05, 4.69) is 0 Å². The van der Waals surface area contributed by atoms with Crippen molar-refractivity contribution in [1.29, 1.82) is 0 Å². The first-order valence-electron chi connectivity index (χ1n) is 3.51. The third-order valence-electron chi connectivity index (χ3n) is 1.42. The SMILES string of the molecule is C\C=C(F)/C=C(F)\C(C)=C(/C)F. The van der Waals surface area contributed by atoms with Gasteiger partial charge in [-0.2, -0.15) is 0 Å². The van der Waals surface area contributed by atoms with Crippen LogP contribution in [0.25, 0.3) is 0 Å². The van der Waals surface area contributed by atoms with E-state index >= 15 is 0 Å². The molecule has 12 heavy (non-hydrogen) atoms. The molecule has 0 spiro atoms. The van der Waals surface area contributed by atoms with Gasteiger partial charge in [0, 0.05) is 11.6 Å². The summed E-state index contributed by atoms with van der Waals surface area (Å²) in [4.78, 5) is 0. The van der Waals surface area contributed by atoms with Gasteiger partial charge in [0.1, 0.15) is 17.5 Å². The van der Waals surface area contributed by atoms with Gasteiger partial charge in [-0.25, -0.2) is 13.2 Å². The zero-order valence-corrected chi connectivity index (χ0v) is 7.29.